The second kappa shape index (κ2) is 3.34. The molecule has 0 atom stereocenters. The Hall–Kier alpha value is -0.0900. The van der Waals surface area contributed by atoms with Gasteiger partial charge in [-0.25, -0.2) is 0 Å². The molecular weight excluding hydrogens is 236 g/mol. The number of nitrogens with zero attached hydrogens (tertiary/aromatic N) is 1. The van der Waals surface area contributed by atoms with E-state index in [4.69, 9.17) is 5.73 Å². The number of rotatable bonds is 1. The molecule has 12 heavy (non-hydrogen) atoms. The van der Waals surface area contributed by atoms with Gasteiger partial charge in [0.15, 0.2) is 0 Å². The van der Waals surface area contributed by atoms with Gasteiger partial charge in [-0.15, -0.1) is 0 Å². The maximum atomic E-state index is 5.72. The lowest BCUT2D eigenvalue weighted by atomic mass is 10.0. The Morgan fingerprint density at radius 1 is 1.42 bits per heavy atom. The van der Waals surface area contributed by atoms with E-state index in [1.807, 2.05) is 0 Å². The number of anilines is 1. The summed E-state index contributed by atoms with van der Waals surface area (Å²) < 4.78 is 5.41. The molecule has 0 unspecified atom stereocenters. The molecule has 0 saturated heterocycles. The van der Waals surface area contributed by atoms with E-state index < -0.39 is 0 Å². The van der Waals surface area contributed by atoms with E-state index in [-0.39, 0.29) is 0 Å². The SMILES string of the molecule is Nc1snc(C2CCCC2)c1Br. The minimum absolute atomic E-state index is 0.660. The standard InChI is InChI=1S/C8H11BrN2S/c9-6-7(11-12-8(6)10)5-3-1-2-4-5/h5H,1-4,10H2. The Morgan fingerprint density at radius 3 is 2.58 bits per heavy atom. The van der Waals surface area contributed by atoms with Crippen LogP contribution in [-0.2, 0) is 0 Å². The lowest BCUT2D eigenvalue weighted by Gasteiger charge is -2.04. The van der Waals surface area contributed by atoms with Gasteiger partial charge in [0.2, 0.25) is 0 Å². The Balaban J connectivity index is 2.26. The lowest BCUT2D eigenvalue weighted by Crippen LogP contribution is -1.93. The van der Waals surface area contributed by atoms with Gasteiger partial charge < -0.3 is 5.73 Å². The molecule has 0 aliphatic heterocycles. The van der Waals surface area contributed by atoms with Crippen molar-refractivity contribution < 1.29 is 0 Å². The van der Waals surface area contributed by atoms with Crippen LogP contribution in [-0.4, -0.2) is 4.37 Å². The molecule has 1 aliphatic rings. The smallest absolute Gasteiger partial charge is 0.121 e. The molecular formula is C8H11BrN2S. The average molecular weight is 247 g/mol. The minimum atomic E-state index is 0.660. The van der Waals surface area contributed by atoms with Crippen molar-refractivity contribution in [1.29, 1.82) is 0 Å². The summed E-state index contributed by atoms with van der Waals surface area (Å²) in [5.74, 6) is 0.660. The highest BCUT2D eigenvalue weighted by Crippen LogP contribution is 2.40. The van der Waals surface area contributed by atoms with Gasteiger partial charge in [0, 0.05) is 5.92 Å². The highest BCUT2D eigenvalue weighted by atomic mass is 79.9. The Kier molecular flexibility index (Phi) is 2.37. The average Bonchev–Trinajstić information content (AvgIpc) is 2.64. The van der Waals surface area contributed by atoms with Crippen LogP contribution in [0.25, 0.3) is 0 Å². The molecule has 2 N–H and O–H groups in total. The Bertz CT molecular complexity index is 279. The van der Waals surface area contributed by atoms with Crippen LogP contribution in [0.3, 0.4) is 0 Å². The van der Waals surface area contributed by atoms with Gasteiger partial charge in [-0.05, 0) is 40.3 Å². The quantitative estimate of drug-likeness (QED) is 0.827. The zero-order chi connectivity index (χ0) is 8.55. The second-order valence-electron chi connectivity index (χ2n) is 3.23. The Labute approximate surface area is 84.5 Å². The molecule has 2 nitrogen and oxygen atoms in total. The number of nitrogen functional groups attached to an aromatic ring is 1. The predicted molar refractivity (Wildman–Crippen MR) is 55.4 cm³/mol. The van der Waals surface area contributed by atoms with Crippen molar-refractivity contribution in [3.63, 3.8) is 0 Å². The van der Waals surface area contributed by atoms with Crippen molar-refractivity contribution in [1.82, 2.24) is 4.37 Å². The normalized spacial score (nSPS) is 18.8. The lowest BCUT2D eigenvalue weighted by molar-refractivity contribution is 0.703. The van der Waals surface area contributed by atoms with Crippen LogP contribution in [0, 0.1) is 0 Å². The van der Waals surface area contributed by atoms with E-state index in [1.54, 1.807) is 0 Å². The molecule has 2 rings (SSSR count). The van der Waals surface area contributed by atoms with Crippen molar-refractivity contribution >= 4 is 32.5 Å². The number of nitrogens with two attached hydrogens (primary N) is 1. The molecule has 1 aromatic rings. The van der Waals surface area contributed by atoms with Crippen molar-refractivity contribution in [2.75, 3.05) is 5.73 Å². The van der Waals surface area contributed by atoms with E-state index in [0.29, 0.717) is 5.92 Å². The van der Waals surface area contributed by atoms with E-state index in [2.05, 4.69) is 20.3 Å². The molecule has 0 radical (unpaired) electrons. The van der Waals surface area contributed by atoms with Gasteiger partial charge in [0.1, 0.15) is 5.00 Å². The monoisotopic (exact) mass is 246 g/mol. The summed E-state index contributed by atoms with van der Waals surface area (Å²) in [4.78, 5) is 0. The maximum Gasteiger partial charge on any atom is 0.121 e. The van der Waals surface area contributed by atoms with Crippen LogP contribution in [0.5, 0.6) is 0 Å². The van der Waals surface area contributed by atoms with Crippen molar-refractivity contribution in [3.8, 4) is 0 Å². The summed E-state index contributed by atoms with van der Waals surface area (Å²) in [6.07, 6.45) is 5.24. The second-order valence-corrected chi connectivity index (χ2v) is 4.83. The first kappa shape index (κ1) is 8.51. The van der Waals surface area contributed by atoms with Crippen LogP contribution >= 0.6 is 27.5 Å². The zero-order valence-corrected chi connectivity index (χ0v) is 9.12. The summed E-state index contributed by atoms with van der Waals surface area (Å²) in [5.41, 5.74) is 6.91. The molecule has 0 amide bonds. The van der Waals surface area contributed by atoms with Gasteiger partial charge in [0.25, 0.3) is 0 Å². The van der Waals surface area contributed by atoms with Crippen LogP contribution in [0.2, 0.25) is 0 Å². The summed E-state index contributed by atoms with van der Waals surface area (Å²) >= 11 is 4.88. The molecule has 1 aliphatic carbocycles. The number of aromatic nitrogens is 1. The van der Waals surface area contributed by atoms with E-state index >= 15 is 0 Å². The summed E-state index contributed by atoms with van der Waals surface area (Å²) in [6.45, 7) is 0. The molecule has 1 saturated carbocycles. The molecule has 1 aromatic heterocycles. The van der Waals surface area contributed by atoms with Gasteiger partial charge >= 0.3 is 0 Å². The zero-order valence-electron chi connectivity index (χ0n) is 6.72. The molecule has 66 valence electrons. The van der Waals surface area contributed by atoms with Crippen LogP contribution in [0.15, 0.2) is 4.47 Å². The van der Waals surface area contributed by atoms with Gasteiger partial charge in [0.05, 0.1) is 10.2 Å². The summed E-state index contributed by atoms with van der Waals surface area (Å²) in [6, 6.07) is 0. The molecule has 4 heteroatoms. The first-order chi connectivity index (χ1) is 5.79. The van der Waals surface area contributed by atoms with Crippen LogP contribution in [0.4, 0.5) is 5.00 Å². The van der Waals surface area contributed by atoms with Crippen molar-refractivity contribution in [2.45, 2.75) is 31.6 Å². The largest absolute Gasteiger partial charge is 0.388 e. The third-order valence-corrected chi connectivity index (χ3v) is 4.21. The van der Waals surface area contributed by atoms with Crippen molar-refractivity contribution in [3.05, 3.63) is 10.2 Å². The molecule has 0 spiro atoms. The summed E-state index contributed by atoms with van der Waals surface area (Å²) in [7, 11) is 0. The fourth-order valence-electron chi connectivity index (χ4n) is 1.76. The molecule has 0 bridgehead atoms. The Morgan fingerprint density at radius 2 is 2.08 bits per heavy atom. The fraction of sp³-hybridized carbons (Fsp3) is 0.625. The minimum Gasteiger partial charge on any atom is -0.388 e. The number of hydrogen-bond acceptors (Lipinski definition) is 3. The maximum absolute atomic E-state index is 5.72. The van der Waals surface area contributed by atoms with E-state index in [9.17, 15) is 0 Å². The van der Waals surface area contributed by atoms with Crippen LogP contribution in [0.1, 0.15) is 37.3 Å². The third-order valence-electron chi connectivity index (χ3n) is 2.43. The van der Waals surface area contributed by atoms with Crippen molar-refractivity contribution in [2.24, 2.45) is 0 Å². The van der Waals surface area contributed by atoms with E-state index in [0.717, 1.165) is 9.47 Å². The number of halogens is 1. The van der Waals surface area contributed by atoms with Crippen LogP contribution < -0.4 is 5.73 Å². The number of hydrogen-bond donors (Lipinski definition) is 1. The van der Waals surface area contributed by atoms with Gasteiger partial charge in [-0.1, -0.05) is 12.8 Å². The first-order valence-corrected chi connectivity index (χ1v) is 5.76. The highest BCUT2D eigenvalue weighted by Gasteiger charge is 2.22. The van der Waals surface area contributed by atoms with Gasteiger partial charge in [-0.3, -0.25) is 0 Å². The highest BCUT2D eigenvalue weighted by molar-refractivity contribution is 9.10. The van der Waals surface area contributed by atoms with E-state index in [1.165, 1.54) is 42.9 Å². The molecule has 0 aromatic carbocycles. The molecule has 1 heterocycles. The third kappa shape index (κ3) is 1.38. The predicted octanol–water partition coefficient (Wildman–Crippen LogP) is 3.15. The topological polar surface area (TPSA) is 38.9 Å². The fourth-order valence-corrected chi connectivity index (χ4v) is 3.13. The molecule has 1 fully saturated rings. The summed E-state index contributed by atoms with van der Waals surface area (Å²) in [5, 5.41) is 0.817. The van der Waals surface area contributed by atoms with Gasteiger partial charge in [-0.2, -0.15) is 4.37 Å². The first-order valence-electron chi connectivity index (χ1n) is 4.19.